The Morgan fingerprint density at radius 1 is 1.10 bits per heavy atom. The van der Waals surface area contributed by atoms with E-state index in [2.05, 4.69) is 29.6 Å². The predicted octanol–water partition coefficient (Wildman–Crippen LogP) is 1.35. The van der Waals surface area contributed by atoms with Crippen molar-refractivity contribution < 1.29 is 29.0 Å². The molecular formula is C23H28N2O6. The van der Waals surface area contributed by atoms with Crippen LogP contribution in [0.1, 0.15) is 43.6 Å². The second kappa shape index (κ2) is 8.78. The molecule has 0 aromatic heterocycles. The molecule has 2 heterocycles. The van der Waals surface area contributed by atoms with E-state index in [4.69, 9.17) is 9.84 Å². The summed E-state index contributed by atoms with van der Waals surface area (Å²) in [7, 11) is 0. The molecule has 1 atom stereocenters. The van der Waals surface area contributed by atoms with Gasteiger partial charge in [0, 0.05) is 13.0 Å². The van der Waals surface area contributed by atoms with Crippen LogP contribution in [0, 0.1) is 11.8 Å². The Balaban J connectivity index is 1.43. The monoisotopic (exact) mass is 428 g/mol. The number of rotatable bonds is 6. The number of nitrogens with zero attached hydrogens (tertiary/aromatic N) is 1. The molecule has 1 aliphatic carbocycles. The fourth-order valence-electron chi connectivity index (χ4n) is 5.11. The number of ketones is 1. The number of carboxylic acids is 1. The van der Waals surface area contributed by atoms with Gasteiger partial charge in [0.1, 0.15) is 6.54 Å². The summed E-state index contributed by atoms with van der Waals surface area (Å²) in [6, 6.07) is 10.4. The van der Waals surface area contributed by atoms with Gasteiger partial charge < -0.3 is 20.1 Å². The molecule has 1 unspecified atom stereocenters. The number of Topliss-reactive ketones (excluding diaryl/α,β-unsaturated/α-hetero) is 1. The standard InChI is InChI=1S/C23H28N2O6/c26-18-10-23(13-31-14-23)25(22(30)20(18)21(29)24-11-19(27)28)12-15-6-8-17(9-7-15)16-4-2-1-3-5-16/h1-5,15,17,20H,6-14H2,(H,24,29)(H,27,28). The number of carbonyl (C=O) groups is 4. The second-order valence-corrected chi connectivity index (χ2v) is 8.98. The van der Waals surface area contributed by atoms with Gasteiger partial charge in [0.25, 0.3) is 0 Å². The Kier molecular flexibility index (Phi) is 6.09. The molecule has 1 spiro atoms. The molecule has 3 aliphatic rings. The summed E-state index contributed by atoms with van der Waals surface area (Å²) in [6.45, 7) is 0.480. The van der Waals surface area contributed by atoms with Crippen LogP contribution in [0.3, 0.4) is 0 Å². The number of carbonyl (C=O) groups excluding carboxylic acids is 3. The Hall–Kier alpha value is -2.74. The highest BCUT2D eigenvalue weighted by Gasteiger charge is 2.56. The first-order valence-corrected chi connectivity index (χ1v) is 10.9. The number of benzene rings is 1. The highest BCUT2D eigenvalue weighted by atomic mass is 16.5. The van der Waals surface area contributed by atoms with Crippen molar-refractivity contribution in [3.63, 3.8) is 0 Å². The fraction of sp³-hybridized carbons (Fsp3) is 0.565. The average molecular weight is 428 g/mol. The molecule has 8 heteroatoms. The summed E-state index contributed by atoms with van der Waals surface area (Å²) in [6.07, 6.45) is 4.11. The summed E-state index contributed by atoms with van der Waals surface area (Å²) in [5, 5.41) is 11.0. The second-order valence-electron chi connectivity index (χ2n) is 8.98. The molecule has 0 bridgehead atoms. The lowest BCUT2D eigenvalue weighted by molar-refractivity contribution is -0.188. The third-order valence-corrected chi connectivity index (χ3v) is 6.89. The number of aliphatic carboxylic acids is 1. The van der Waals surface area contributed by atoms with E-state index in [1.807, 2.05) is 6.07 Å². The van der Waals surface area contributed by atoms with Crippen LogP contribution in [0.4, 0.5) is 0 Å². The zero-order valence-electron chi connectivity index (χ0n) is 17.4. The topological polar surface area (TPSA) is 113 Å². The zero-order valence-corrected chi connectivity index (χ0v) is 17.4. The lowest BCUT2D eigenvalue weighted by Gasteiger charge is -2.54. The van der Waals surface area contributed by atoms with Crippen LogP contribution in [-0.4, -0.2) is 65.4 Å². The minimum atomic E-state index is -1.47. The summed E-state index contributed by atoms with van der Waals surface area (Å²) in [5.41, 5.74) is 0.688. The SMILES string of the molecule is O=C(O)CNC(=O)C1C(=O)CC2(COC2)N(CC2CCC(c3ccccc3)CC2)C1=O. The first kappa shape index (κ1) is 21.5. The van der Waals surface area contributed by atoms with E-state index < -0.39 is 41.6 Å². The smallest absolute Gasteiger partial charge is 0.322 e. The Morgan fingerprint density at radius 3 is 2.35 bits per heavy atom. The normalized spacial score (nSPS) is 27.6. The summed E-state index contributed by atoms with van der Waals surface area (Å²) in [4.78, 5) is 50.7. The molecule has 0 radical (unpaired) electrons. The number of hydrogen-bond donors (Lipinski definition) is 2. The van der Waals surface area contributed by atoms with Crippen molar-refractivity contribution in [3.05, 3.63) is 35.9 Å². The minimum Gasteiger partial charge on any atom is -0.480 e. The summed E-state index contributed by atoms with van der Waals surface area (Å²) >= 11 is 0. The van der Waals surface area contributed by atoms with Gasteiger partial charge in [0.05, 0.1) is 18.8 Å². The predicted molar refractivity (Wildman–Crippen MR) is 110 cm³/mol. The zero-order chi connectivity index (χ0) is 22.0. The highest BCUT2D eigenvalue weighted by Crippen LogP contribution is 2.40. The minimum absolute atomic E-state index is 0.0727. The van der Waals surface area contributed by atoms with Crippen LogP contribution in [0.2, 0.25) is 0 Å². The number of hydrogen-bond acceptors (Lipinski definition) is 5. The van der Waals surface area contributed by atoms with Crippen molar-refractivity contribution in [2.24, 2.45) is 11.8 Å². The number of nitrogens with one attached hydrogen (secondary N) is 1. The third-order valence-electron chi connectivity index (χ3n) is 6.89. The molecule has 8 nitrogen and oxygen atoms in total. The maximum absolute atomic E-state index is 13.2. The summed E-state index contributed by atoms with van der Waals surface area (Å²) < 4.78 is 5.36. The van der Waals surface area contributed by atoms with Crippen LogP contribution in [0.25, 0.3) is 0 Å². The van der Waals surface area contributed by atoms with Crippen LogP contribution >= 0.6 is 0 Å². The van der Waals surface area contributed by atoms with Gasteiger partial charge in [-0.25, -0.2) is 0 Å². The van der Waals surface area contributed by atoms with Crippen molar-refractivity contribution >= 4 is 23.6 Å². The number of amides is 2. The van der Waals surface area contributed by atoms with Crippen LogP contribution in [0.15, 0.2) is 30.3 Å². The third kappa shape index (κ3) is 4.35. The van der Waals surface area contributed by atoms with Gasteiger partial charge >= 0.3 is 5.97 Å². The average Bonchev–Trinajstić information content (AvgIpc) is 2.74. The maximum atomic E-state index is 13.2. The molecule has 166 valence electrons. The van der Waals surface area contributed by atoms with Gasteiger partial charge in [-0.1, -0.05) is 30.3 Å². The lowest BCUT2D eigenvalue weighted by Crippen LogP contribution is -2.71. The van der Waals surface area contributed by atoms with Crippen molar-refractivity contribution in [3.8, 4) is 0 Å². The fourth-order valence-corrected chi connectivity index (χ4v) is 5.11. The number of piperidine rings is 1. The number of carboxylic acid groups (broad SMARTS) is 1. The van der Waals surface area contributed by atoms with E-state index in [1.165, 1.54) is 5.56 Å². The highest BCUT2D eigenvalue weighted by molar-refractivity contribution is 6.20. The van der Waals surface area contributed by atoms with Crippen molar-refractivity contribution in [2.75, 3.05) is 26.3 Å². The Bertz CT molecular complexity index is 858. The van der Waals surface area contributed by atoms with Gasteiger partial charge in [-0.2, -0.15) is 0 Å². The van der Waals surface area contributed by atoms with Crippen molar-refractivity contribution in [1.82, 2.24) is 10.2 Å². The van der Waals surface area contributed by atoms with Gasteiger partial charge in [0.15, 0.2) is 11.7 Å². The van der Waals surface area contributed by atoms with Gasteiger partial charge in [-0.15, -0.1) is 0 Å². The summed E-state index contributed by atoms with van der Waals surface area (Å²) in [5.74, 6) is -3.67. The van der Waals surface area contributed by atoms with Crippen molar-refractivity contribution in [2.45, 2.75) is 43.6 Å². The van der Waals surface area contributed by atoms with E-state index >= 15 is 0 Å². The van der Waals surface area contributed by atoms with E-state index in [-0.39, 0.29) is 6.42 Å². The van der Waals surface area contributed by atoms with Crippen molar-refractivity contribution in [1.29, 1.82) is 0 Å². The van der Waals surface area contributed by atoms with Crippen LogP contribution < -0.4 is 5.32 Å². The molecule has 2 aliphatic heterocycles. The number of ether oxygens (including phenoxy) is 1. The first-order valence-electron chi connectivity index (χ1n) is 10.9. The Morgan fingerprint density at radius 2 is 1.77 bits per heavy atom. The molecule has 1 aromatic carbocycles. The van der Waals surface area contributed by atoms with E-state index in [9.17, 15) is 19.2 Å². The molecule has 1 saturated carbocycles. The lowest BCUT2D eigenvalue weighted by atomic mass is 9.75. The van der Waals surface area contributed by atoms with E-state index in [0.717, 1.165) is 25.7 Å². The largest absolute Gasteiger partial charge is 0.480 e. The quantitative estimate of drug-likeness (QED) is 0.662. The van der Waals surface area contributed by atoms with Gasteiger partial charge in [-0.3, -0.25) is 19.2 Å². The van der Waals surface area contributed by atoms with Crippen LogP contribution in [0.5, 0.6) is 0 Å². The van der Waals surface area contributed by atoms with E-state index in [1.54, 1.807) is 4.90 Å². The molecule has 1 aromatic rings. The molecular weight excluding hydrogens is 400 g/mol. The van der Waals surface area contributed by atoms with Gasteiger partial charge in [0.2, 0.25) is 11.8 Å². The van der Waals surface area contributed by atoms with E-state index in [0.29, 0.717) is 31.6 Å². The molecule has 2 N–H and O–H groups in total. The Labute approximate surface area is 180 Å². The first-order chi connectivity index (χ1) is 14.9. The molecule has 2 saturated heterocycles. The molecule has 2 amide bonds. The van der Waals surface area contributed by atoms with Crippen LogP contribution in [-0.2, 0) is 23.9 Å². The molecule has 3 fully saturated rings. The maximum Gasteiger partial charge on any atom is 0.322 e. The molecule has 31 heavy (non-hydrogen) atoms. The number of likely N-dealkylation sites (tertiary alicyclic amines) is 1. The van der Waals surface area contributed by atoms with Gasteiger partial charge in [-0.05, 0) is 43.1 Å². The molecule has 4 rings (SSSR count).